The molecule has 0 bridgehead atoms. The van der Waals surface area contributed by atoms with Crippen molar-refractivity contribution in [3.63, 3.8) is 0 Å². The number of carbonyl (C=O) groups is 1. The minimum atomic E-state index is -0.0894. The Morgan fingerprint density at radius 3 is 2.62 bits per heavy atom. The summed E-state index contributed by atoms with van der Waals surface area (Å²) in [4.78, 5) is 17.4. The van der Waals surface area contributed by atoms with Gasteiger partial charge in [-0.2, -0.15) is 0 Å². The van der Waals surface area contributed by atoms with Crippen LogP contribution in [0.15, 0.2) is 45.7 Å². The maximum Gasteiger partial charge on any atom is 0.195 e. The predicted molar refractivity (Wildman–Crippen MR) is 106 cm³/mol. The molecule has 0 aliphatic carbocycles. The van der Waals surface area contributed by atoms with Crippen LogP contribution < -0.4 is 0 Å². The molecular formula is C19H16Br2N2O3. The number of aromatic nitrogens is 2. The van der Waals surface area contributed by atoms with E-state index in [1.165, 1.54) is 0 Å². The highest BCUT2D eigenvalue weighted by Gasteiger charge is 2.23. The summed E-state index contributed by atoms with van der Waals surface area (Å²) in [7, 11) is 0. The highest BCUT2D eigenvalue weighted by Crippen LogP contribution is 2.35. The molecule has 1 aliphatic heterocycles. The predicted octanol–water partition coefficient (Wildman–Crippen LogP) is 4.85. The lowest BCUT2D eigenvalue weighted by Gasteiger charge is -2.24. The zero-order valence-electron chi connectivity index (χ0n) is 13.8. The third-order valence-corrected chi connectivity index (χ3v) is 5.95. The smallest absolute Gasteiger partial charge is 0.195 e. The van der Waals surface area contributed by atoms with E-state index in [9.17, 15) is 9.90 Å². The first-order valence-corrected chi connectivity index (χ1v) is 9.90. The Balaban J connectivity index is 1.82. The fourth-order valence-electron chi connectivity index (χ4n) is 3.40. The Bertz CT molecular complexity index is 971. The molecule has 7 heteroatoms. The molecule has 0 atom stereocenters. The van der Waals surface area contributed by atoms with Gasteiger partial charge in [0.1, 0.15) is 5.75 Å². The van der Waals surface area contributed by atoms with Gasteiger partial charge in [0.25, 0.3) is 0 Å². The fourth-order valence-corrected chi connectivity index (χ4v) is 4.58. The van der Waals surface area contributed by atoms with E-state index in [0.29, 0.717) is 26.1 Å². The van der Waals surface area contributed by atoms with Crippen LogP contribution in [-0.2, 0) is 4.74 Å². The molecule has 1 saturated heterocycles. The molecule has 3 aromatic rings. The first kappa shape index (κ1) is 17.7. The number of rotatable bonds is 3. The molecule has 0 spiro atoms. The molecule has 4 rings (SSSR count). The molecule has 26 heavy (non-hydrogen) atoms. The van der Waals surface area contributed by atoms with E-state index in [0.717, 1.165) is 37.0 Å². The zero-order chi connectivity index (χ0) is 18.3. The monoisotopic (exact) mass is 478 g/mol. The molecule has 2 aromatic heterocycles. The van der Waals surface area contributed by atoms with Crippen LogP contribution in [0.4, 0.5) is 0 Å². The van der Waals surface area contributed by atoms with Crippen molar-refractivity contribution in [1.29, 1.82) is 0 Å². The first-order chi connectivity index (χ1) is 12.6. The lowest BCUT2D eigenvalue weighted by molar-refractivity contribution is 0.0707. The van der Waals surface area contributed by atoms with Gasteiger partial charge in [0, 0.05) is 48.2 Å². The van der Waals surface area contributed by atoms with Gasteiger partial charge in [-0.05, 0) is 62.9 Å². The second kappa shape index (κ2) is 7.13. The van der Waals surface area contributed by atoms with Gasteiger partial charge in [0.05, 0.1) is 20.7 Å². The van der Waals surface area contributed by atoms with Gasteiger partial charge < -0.3 is 14.4 Å². The highest BCUT2D eigenvalue weighted by atomic mass is 79.9. The Morgan fingerprint density at radius 1 is 1.23 bits per heavy atom. The average molecular weight is 480 g/mol. The molecule has 1 aromatic carbocycles. The zero-order valence-corrected chi connectivity index (χ0v) is 17.0. The van der Waals surface area contributed by atoms with Crippen LogP contribution in [-0.4, -0.2) is 33.7 Å². The van der Waals surface area contributed by atoms with E-state index < -0.39 is 0 Å². The van der Waals surface area contributed by atoms with Crippen molar-refractivity contribution < 1.29 is 14.6 Å². The van der Waals surface area contributed by atoms with Crippen molar-refractivity contribution in [2.75, 3.05) is 13.2 Å². The van der Waals surface area contributed by atoms with Crippen molar-refractivity contribution in [1.82, 2.24) is 9.55 Å². The molecular weight excluding hydrogens is 464 g/mol. The molecule has 134 valence electrons. The van der Waals surface area contributed by atoms with Gasteiger partial charge in [0.2, 0.25) is 0 Å². The number of phenolic OH excluding ortho intramolecular Hbond substituents is 1. The summed E-state index contributed by atoms with van der Waals surface area (Å²) in [6.07, 6.45) is 7.28. The molecule has 0 amide bonds. The standard InChI is InChI=1S/C19H16Br2N2O3/c20-15-7-11(8-16(21)19(15)25)18(24)14-10-23(12-2-5-26-6-3-12)17-9-22-4-1-13(14)17/h1,4,7-10,12,25H,2-3,5-6H2. The van der Waals surface area contributed by atoms with Crippen molar-refractivity contribution in [3.05, 3.63) is 56.9 Å². The Hall–Kier alpha value is -1.70. The summed E-state index contributed by atoms with van der Waals surface area (Å²) in [5.74, 6) is -0.0104. The van der Waals surface area contributed by atoms with Gasteiger partial charge in [0.15, 0.2) is 5.78 Å². The third kappa shape index (κ3) is 3.08. The van der Waals surface area contributed by atoms with E-state index in [1.54, 1.807) is 18.3 Å². The number of nitrogens with zero attached hydrogens (tertiary/aromatic N) is 2. The van der Waals surface area contributed by atoms with Crippen molar-refractivity contribution in [2.24, 2.45) is 0 Å². The van der Waals surface area contributed by atoms with Crippen LogP contribution in [0.1, 0.15) is 34.8 Å². The number of carbonyl (C=O) groups excluding carboxylic acids is 1. The molecule has 1 fully saturated rings. The van der Waals surface area contributed by atoms with Crippen LogP contribution in [0.25, 0.3) is 10.9 Å². The highest BCUT2D eigenvalue weighted by molar-refractivity contribution is 9.11. The van der Waals surface area contributed by atoms with Crippen LogP contribution in [0, 0.1) is 0 Å². The molecule has 0 radical (unpaired) electrons. The molecule has 0 saturated carbocycles. The summed E-state index contributed by atoms with van der Waals surface area (Å²) in [5.41, 5.74) is 2.10. The second-order valence-corrected chi connectivity index (χ2v) is 8.01. The fraction of sp³-hybridized carbons (Fsp3) is 0.263. The number of hydrogen-bond acceptors (Lipinski definition) is 4. The average Bonchev–Trinajstić information content (AvgIpc) is 3.05. The lowest BCUT2D eigenvalue weighted by atomic mass is 10.0. The minimum absolute atomic E-state index is 0.0791. The largest absolute Gasteiger partial charge is 0.506 e. The molecule has 1 aliphatic rings. The number of ether oxygens (including phenoxy) is 1. The molecule has 0 unspecified atom stereocenters. The number of pyridine rings is 1. The number of benzene rings is 1. The van der Waals surface area contributed by atoms with E-state index in [2.05, 4.69) is 41.4 Å². The number of fused-ring (bicyclic) bond motifs is 1. The van der Waals surface area contributed by atoms with Gasteiger partial charge in [-0.15, -0.1) is 0 Å². The summed E-state index contributed by atoms with van der Waals surface area (Å²) < 4.78 is 8.57. The van der Waals surface area contributed by atoms with Crippen molar-refractivity contribution >= 4 is 48.5 Å². The Kier molecular flexibility index (Phi) is 4.86. The Morgan fingerprint density at radius 2 is 1.92 bits per heavy atom. The summed E-state index contributed by atoms with van der Waals surface area (Å²) in [6.45, 7) is 1.46. The molecule has 5 nitrogen and oxygen atoms in total. The maximum absolute atomic E-state index is 13.2. The van der Waals surface area contributed by atoms with Crippen molar-refractivity contribution in [2.45, 2.75) is 18.9 Å². The topological polar surface area (TPSA) is 64.3 Å². The number of ketones is 1. The second-order valence-electron chi connectivity index (χ2n) is 6.30. The number of hydrogen-bond donors (Lipinski definition) is 1. The van der Waals surface area contributed by atoms with Crippen LogP contribution in [0.2, 0.25) is 0 Å². The number of halogens is 2. The van der Waals surface area contributed by atoms with E-state index >= 15 is 0 Å². The SMILES string of the molecule is O=C(c1cc(Br)c(O)c(Br)c1)c1cn(C2CCOCC2)c2cnccc12. The summed E-state index contributed by atoms with van der Waals surface area (Å²) >= 11 is 6.59. The maximum atomic E-state index is 13.2. The third-order valence-electron chi connectivity index (χ3n) is 4.74. The quantitative estimate of drug-likeness (QED) is 0.545. The van der Waals surface area contributed by atoms with Gasteiger partial charge >= 0.3 is 0 Å². The van der Waals surface area contributed by atoms with E-state index in [-0.39, 0.29) is 11.5 Å². The van der Waals surface area contributed by atoms with Gasteiger partial charge in [-0.25, -0.2) is 0 Å². The van der Waals surface area contributed by atoms with Gasteiger partial charge in [-0.1, -0.05) is 0 Å². The number of aromatic hydroxyl groups is 1. The number of phenols is 1. The normalized spacial score (nSPS) is 15.5. The molecule has 1 N–H and O–H groups in total. The summed E-state index contributed by atoms with van der Waals surface area (Å²) in [6, 6.07) is 5.46. The Labute approximate surface area is 167 Å². The van der Waals surface area contributed by atoms with E-state index in [1.807, 2.05) is 18.5 Å². The van der Waals surface area contributed by atoms with Gasteiger partial charge in [-0.3, -0.25) is 9.78 Å². The minimum Gasteiger partial charge on any atom is -0.506 e. The van der Waals surface area contributed by atoms with Crippen molar-refractivity contribution in [3.8, 4) is 5.75 Å². The van der Waals surface area contributed by atoms with Crippen LogP contribution in [0.5, 0.6) is 5.75 Å². The first-order valence-electron chi connectivity index (χ1n) is 8.31. The van der Waals surface area contributed by atoms with Crippen LogP contribution >= 0.6 is 31.9 Å². The van der Waals surface area contributed by atoms with Crippen LogP contribution in [0.3, 0.4) is 0 Å². The summed E-state index contributed by atoms with van der Waals surface area (Å²) in [5, 5.41) is 10.8. The molecule has 3 heterocycles. The van der Waals surface area contributed by atoms with E-state index in [4.69, 9.17) is 4.74 Å². The lowest BCUT2D eigenvalue weighted by Crippen LogP contribution is -2.19.